The van der Waals surface area contributed by atoms with Crippen LogP contribution < -0.4 is 11.1 Å². The Morgan fingerprint density at radius 2 is 2.36 bits per heavy atom. The minimum atomic E-state index is 0.464. The van der Waals surface area contributed by atoms with Gasteiger partial charge in [-0.3, -0.25) is 4.40 Å². The first-order valence-electron chi connectivity index (χ1n) is 7.62. The third-order valence-electron chi connectivity index (χ3n) is 4.24. The lowest BCUT2D eigenvalue weighted by Gasteiger charge is -2.20. The average molecular weight is 313 g/mol. The quantitative estimate of drug-likeness (QED) is 0.763. The first-order chi connectivity index (χ1) is 10.7. The predicted molar refractivity (Wildman–Crippen MR) is 90.3 cm³/mol. The van der Waals surface area contributed by atoms with Crippen molar-refractivity contribution >= 4 is 22.8 Å². The Balaban J connectivity index is 1.85. The molecule has 1 saturated heterocycles. The van der Waals surface area contributed by atoms with Gasteiger partial charge in [-0.25, -0.2) is 9.97 Å². The number of anilines is 1. The van der Waals surface area contributed by atoms with Crippen molar-refractivity contribution in [3.63, 3.8) is 0 Å². The highest BCUT2D eigenvalue weighted by Crippen LogP contribution is 2.30. The number of fused-ring (bicyclic) bond motifs is 1. The van der Waals surface area contributed by atoms with Crippen molar-refractivity contribution in [3.05, 3.63) is 35.1 Å². The zero-order chi connectivity index (χ0) is 15.1. The van der Waals surface area contributed by atoms with Gasteiger partial charge in [0.25, 0.3) is 0 Å². The number of hydrogen-bond acceptors (Lipinski definition) is 5. The molecule has 4 rings (SSSR count). The standard InChI is InChI=1S/C16H19N5S/c1-10-5-14(22-9-10)13-7-19-15(17)16-20-12(8-21(13)16)11-3-2-4-18-6-11/h5,7-9,11,18H,2-4,6H2,1H3,(H2,17,19)/t11-/m0/s1. The number of nitrogens with zero attached hydrogens (tertiary/aromatic N) is 3. The zero-order valence-corrected chi connectivity index (χ0v) is 13.4. The Bertz CT molecular complexity index is 813. The first kappa shape index (κ1) is 13.7. The van der Waals surface area contributed by atoms with Gasteiger partial charge in [0, 0.05) is 18.7 Å². The summed E-state index contributed by atoms with van der Waals surface area (Å²) in [5, 5.41) is 5.60. The van der Waals surface area contributed by atoms with Gasteiger partial charge in [0.2, 0.25) is 0 Å². The van der Waals surface area contributed by atoms with Crippen molar-refractivity contribution in [1.82, 2.24) is 19.7 Å². The molecule has 5 nitrogen and oxygen atoms in total. The van der Waals surface area contributed by atoms with E-state index in [0.717, 1.165) is 30.1 Å². The van der Waals surface area contributed by atoms with Crippen LogP contribution in [0.2, 0.25) is 0 Å². The number of aryl methyl sites for hydroxylation is 1. The van der Waals surface area contributed by atoms with Gasteiger partial charge >= 0.3 is 0 Å². The molecule has 0 aromatic carbocycles. The Morgan fingerprint density at radius 1 is 1.45 bits per heavy atom. The van der Waals surface area contributed by atoms with E-state index >= 15 is 0 Å². The largest absolute Gasteiger partial charge is 0.381 e. The van der Waals surface area contributed by atoms with Gasteiger partial charge in [-0.1, -0.05) is 0 Å². The monoisotopic (exact) mass is 313 g/mol. The van der Waals surface area contributed by atoms with Crippen LogP contribution in [0.4, 0.5) is 5.82 Å². The maximum Gasteiger partial charge on any atom is 0.180 e. The van der Waals surface area contributed by atoms with Crippen molar-refractivity contribution in [2.75, 3.05) is 18.8 Å². The summed E-state index contributed by atoms with van der Waals surface area (Å²) in [6.45, 7) is 4.20. The smallest absolute Gasteiger partial charge is 0.180 e. The molecule has 1 atom stereocenters. The molecule has 0 aliphatic carbocycles. The molecule has 0 unspecified atom stereocenters. The first-order valence-corrected chi connectivity index (χ1v) is 8.50. The molecular weight excluding hydrogens is 294 g/mol. The Kier molecular flexibility index (Phi) is 3.35. The van der Waals surface area contributed by atoms with Crippen LogP contribution in [0.15, 0.2) is 23.8 Å². The number of rotatable bonds is 2. The van der Waals surface area contributed by atoms with E-state index in [2.05, 4.69) is 39.3 Å². The number of aromatic nitrogens is 3. The lowest BCUT2D eigenvalue weighted by Crippen LogP contribution is -2.28. The number of imidazole rings is 1. The van der Waals surface area contributed by atoms with Gasteiger partial charge in [0.05, 0.1) is 22.5 Å². The van der Waals surface area contributed by atoms with Crippen molar-refractivity contribution < 1.29 is 0 Å². The Hall–Kier alpha value is -1.92. The molecule has 0 amide bonds. The van der Waals surface area contributed by atoms with Crippen LogP contribution in [-0.2, 0) is 0 Å². The number of hydrogen-bond donors (Lipinski definition) is 2. The Labute approximate surface area is 133 Å². The molecule has 0 bridgehead atoms. The second kappa shape index (κ2) is 5.37. The molecule has 22 heavy (non-hydrogen) atoms. The van der Waals surface area contributed by atoms with E-state index in [1.54, 1.807) is 11.3 Å². The number of nitrogens with one attached hydrogen (secondary N) is 1. The SMILES string of the molecule is Cc1csc(-c2cnc(N)c3nc([C@H]4CCCNC4)cn23)c1. The predicted octanol–water partition coefficient (Wildman–Crippen LogP) is 2.82. The van der Waals surface area contributed by atoms with E-state index in [9.17, 15) is 0 Å². The van der Waals surface area contributed by atoms with E-state index in [1.165, 1.54) is 23.3 Å². The molecule has 1 aliphatic heterocycles. The van der Waals surface area contributed by atoms with Gasteiger partial charge in [0.15, 0.2) is 11.5 Å². The minimum Gasteiger partial charge on any atom is -0.381 e. The normalized spacial score (nSPS) is 18.9. The third-order valence-corrected chi connectivity index (χ3v) is 5.31. The van der Waals surface area contributed by atoms with E-state index in [0.29, 0.717) is 11.7 Å². The van der Waals surface area contributed by atoms with Crippen LogP contribution in [0.1, 0.15) is 30.0 Å². The van der Waals surface area contributed by atoms with Gasteiger partial charge in [0.1, 0.15) is 0 Å². The number of thiophene rings is 1. The van der Waals surface area contributed by atoms with Crippen LogP contribution in [0.5, 0.6) is 0 Å². The summed E-state index contributed by atoms with van der Waals surface area (Å²) in [5.74, 6) is 0.956. The molecule has 6 heteroatoms. The van der Waals surface area contributed by atoms with E-state index < -0.39 is 0 Å². The summed E-state index contributed by atoms with van der Waals surface area (Å²) in [6.07, 6.45) is 6.36. The third kappa shape index (κ3) is 2.28. The van der Waals surface area contributed by atoms with Crippen LogP contribution in [0.3, 0.4) is 0 Å². The zero-order valence-electron chi connectivity index (χ0n) is 12.5. The molecule has 0 saturated carbocycles. The second-order valence-corrected chi connectivity index (χ2v) is 6.83. The maximum atomic E-state index is 6.04. The molecular formula is C16H19N5S. The van der Waals surface area contributed by atoms with Crippen molar-refractivity contribution in [2.45, 2.75) is 25.7 Å². The van der Waals surface area contributed by atoms with Crippen LogP contribution in [0, 0.1) is 6.92 Å². The summed E-state index contributed by atoms with van der Waals surface area (Å²) in [7, 11) is 0. The number of nitrogens with two attached hydrogens (primary N) is 1. The summed E-state index contributed by atoms with van der Waals surface area (Å²) in [4.78, 5) is 10.3. The van der Waals surface area contributed by atoms with Crippen molar-refractivity contribution in [1.29, 1.82) is 0 Å². The molecule has 1 aliphatic rings. The van der Waals surface area contributed by atoms with E-state index in [1.807, 2.05) is 6.20 Å². The van der Waals surface area contributed by atoms with Crippen LogP contribution in [-0.4, -0.2) is 27.5 Å². The molecule has 0 spiro atoms. The molecule has 4 heterocycles. The number of nitrogen functional groups attached to an aromatic ring is 1. The lowest BCUT2D eigenvalue weighted by molar-refractivity contribution is 0.456. The summed E-state index contributed by atoms with van der Waals surface area (Å²) in [5.41, 5.74) is 10.3. The number of piperidine rings is 1. The molecule has 114 valence electrons. The molecule has 3 aromatic heterocycles. The average Bonchev–Trinajstić information content (AvgIpc) is 3.16. The fourth-order valence-electron chi connectivity index (χ4n) is 3.06. The van der Waals surface area contributed by atoms with E-state index in [4.69, 9.17) is 10.7 Å². The highest BCUT2D eigenvalue weighted by atomic mass is 32.1. The van der Waals surface area contributed by atoms with Gasteiger partial charge in [-0.05, 0) is 43.3 Å². The lowest BCUT2D eigenvalue weighted by atomic mass is 9.97. The highest BCUT2D eigenvalue weighted by Gasteiger charge is 2.20. The minimum absolute atomic E-state index is 0.464. The van der Waals surface area contributed by atoms with Crippen LogP contribution in [0.25, 0.3) is 16.2 Å². The summed E-state index contributed by atoms with van der Waals surface area (Å²) >= 11 is 1.73. The van der Waals surface area contributed by atoms with Gasteiger partial charge in [-0.2, -0.15) is 0 Å². The highest BCUT2D eigenvalue weighted by molar-refractivity contribution is 7.13. The molecule has 3 N–H and O–H groups in total. The van der Waals surface area contributed by atoms with Crippen molar-refractivity contribution in [2.24, 2.45) is 0 Å². The Morgan fingerprint density at radius 3 is 3.09 bits per heavy atom. The fourth-order valence-corrected chi connectivity index (χ4v) is 3.97. The molecule has 1 fully saturated rings. The van der Waals surface area contributed by atoms with Gasteiger partial charge in [-0.15, -0.1) is 11.3 Å². The van der Waals surface area contributed by atoms with Gasteiger partial charge < -0.3 is 11.1 Å². The summed E-state index contributed by atoms with van der Waals surface area (Å²) < 4.78 is 2.09. The topological polar surface area (TPSA) is 68.2 Å². The van der Waals surface area contributed by atoms with E-state index in [-0.39, 0.29) is 0 Å². The second-order valence-electron chi connectivity index (χ2n) is 5.92. The fraction of sp³-hybridized carbons (Fsp3) is 0.375. The van der Waals surface area contributed by atoms with Crippen LogP contribution >= 0.6 is 11.3 Å². The summed E-state index contributed by atoms with van der Waals surface area (Å²) in [6, 6.07) is 2.18. The molecule has 3 aromatic rings. The molecule has 0 radical (unpaired) electrons. The van der Waals surface area contributed by atoms with Crippen molar-refractivity contribution in [3.8, 4) is 10.6 Å². The maximum absolute atomic E-state index is 6.04.